The molecule has 1 rings (SSSR count). The van der Waals surface area contributed by atoms with Crippen LogP contribution in [0.5, 0.6) is 0 Å². The van der Waals surface area contributed by atoms with E-state index in [9.17, 15) is 0 Å². The van der Waals surface area contributed by atoms with E-state index >= 15 is 0 Å². The molecule has 60 valence electrons. The van der Waals surface area contributed by atoms with E-state index in [-0.39, 0.29) is 6.61 Å². The maximum atomic E-state index is 8.76. The normalized spacial score (nSPS) is 8.92. The average Bonchev–Trinajstić information content (AvgIpc) is 2.48. The highest BCUT2D eigenvalue weighted by molar-refractivity contribution is 5.28. The molecule has 12 heavy (non-hydrogen) atoms. The van der Waals surface area contributed by atoms with Gasteiger partial charge >= 0.3 is 0 Å². The smallest absolute Gasteiger partial charge is 0.121 e. The third-order valence-corrected chi connectivity index (χ3v) is 1.51. The van der Waals surface area contributed by atoms with Gasteiger partial charge in [0.05, 0.1) is 13.2 Å². The molecule has 0 atom stereocenters. The first-order valence-electron chi connectivity index (χ1n) is 3.45. The Labute approximate surface area is 70.9 Å². The highest BCUT2D eigenvalue weighted by atomic mass is 16.3. The van der Waals surface area contributed by atoms with Gasteiger partial charge in [0, 0.05) is 6.20 Å². The van der Waals surface area contributed by atoms with E-state index in [1.165, 1.54) is 0 Å². The molecule has 3 heteroatoms. The van der Waals surface area contributed by atoms with Crippen molar-refractivity contribution in [1.29, 1.82) is 5.26 Å². The Morgan fingerprint density at radius 3 is 2.92 bits per heavy atom. The lowest BCUT2D eigenvalue weighted by Crippen LogP contribution is -1.95. The Hall–Kier alpha value is -1.71. The third kappa shape index (κ3) is 1.47. The SMILES string of the molecule is C#CCn1cc(CO)cc1C#N. The molecule has 0 radical (unpaired) electrons. The molecule has 0 bridgehead atoms. The zero-order valence-electron chi connectivity index (χ0n) is 6.49. The molecule has 0 saturated heterocycles. The molecule has 1 aromatic heterocycles. The van der Waals surface area contributed by atoms with E-state index in [0.29, 0.717) is 17.8 Å². The monoisotopic (exact) mass is 160 g/mol. The summed E-state index contributed by atoms with van der Waals surface area (Å²) in [7, 11) is 0. The number of terminal acetylenes is 1. The molecule has 0 unspecified atom stereocenters. The summed E-state index contributed by atoms with van der Waals surface area (Å²) in [6, 6.07) is 3.61. The molecule has 1 aromatic rings. The molecule has 0 aliphatic rings. The fourth-order valence-electron chi connectivity index (χ4n) is 0.978. The summed E-state index contributed by atoms with van der Waals surface area (Å²) in [5, 5.41) is 17.4. The van der Waals surface area contributed by atoms with Crippen LogP contribution in [0.1, 0.15) is 11.3 Å². The standard InChI is InChI=1S/C9H8N2O/c1-2-3-11-6-8(7-12)4-9(11)5-10/h1,4,6,12H,3,7H2. The summed E-state index contributed by atoms with van der Waals surface area (Å²) in [4.78, 5) is 0. The fourth-order valence-corrected chi connectivity index (χ4v) is 0.978. The van der Waals surface area contributed by atoms with Gasteiger partial charge in [-0.25, -0.2) is 0 Å². The first-order valence-corrected chi connectivity index (χ1v) is 3.45. The van der Waals surface area contributed by atoms with Crippen LogP contribution >= 0.6 is 0 Å². The van der Waals surface area contributed by atoms with E-state index < -0.39 is 0 Å². The molecule has 0 aliphatic carbocycles. The molecule has 0 saturated carbocycles. The van der Waals surface area contributed by atoms with Crippen molar-refractivity contribution in [1.82, 2.24) is 4.57 Å². The maximum absolute atomic E-state index is 8.76. The molecule has 0 spiro atoms. The second-order valence-electron chi connectivity index (χ2n) is 2.34. The maximum Gasteiger partial charge on any atom is 0.121 e. The van der Waals surface area contributed by atoms with Crippen LogP contribution in [0.2, 0.25) is 0 Å². The number of nitriles is 1. The average molecular weight is 160 g/mol. The van der Waals surface area contributed by atoms with Crippen LogP contribution in [0.15, 0.2) is 12.3 Å². The zero-order chi connectivity index (χ0) is 8.97. The van der Waals surface area contributed by atoms with Crippen LogP contribution in [0.3, 0.4) is 0 Å². The lowest BCUT2D eigenvalue weighted by atomic mass is 10.3. The first kappa shape index (κ1) is 8.39. The van der Waals surface area contributed by atoms with Crippen molar-refractivity contribution in [2.24, 2.45) is 0 Å². The summed E-state index contributed by atoms with van der Waals surface area (Å²) in [5.41, 5.74) is 1.19. The van der Waals surface area contributed by atoms with E-state index in [0.717, 1.165) is 0 Å². The van der Waals surface area contributed by atoms with Gasteiger partial charge in [-0.1, -0.05) is 5.92 Å². The molecule has 1 heterocycles. The summed E-state index contributed by atoms with van der Waals surface area (Å²) in [6.07, 6.45) is 6.77. The third-order valence-electron chi connectivity index (χ3n) is 1.51. The van der Waals surface area contributed by atoms with Gasteiger partial charge in [0.25, 0.3) is 0 Å². The van der Waals surface area contributed by atoms with Gasteiger partial charge in [-0.2, -0.15) is 5.26 Å². The van der Waals surface area contributed by atoms with Crippen LogP contribution in [-0.2, 0) is 13.2 Å². The van der Waals surface area contributed by atoms with Crippen molar-refractivity contribution in [2.45, 2.75) is 13.2 Å². The quantitative estimate of drug-likeness (QED) is 0.640. The van der Waals surface area contributed by atoms with Crippen LogP contribution < -0.4 is 0 Å². The Kier molecular flexibility index (Phi) is 2.53. The van der Waals surface area contributed by atoms with Crippen molar-refractivity contribution in [3.63, 3.8) is 0 Å². The van der Waals surface area contributed by atoms with Crippen molar-refractivity contribution in [3.8, 4) is 18.4 Å². The first-order chi connectivity index (χ1) is 5.81. The summed E-state index contributed by atoms with van der Waals surface area (Å²) < 4.78 is 1.63. The Morgan fingerprint density at radius 2 is 2.42 bits per heavy atom. The van der Waals surface area contributed by atoms with Gasteiger partial charge in [0.1, 0.15) is 11.8 Å². The lowest BCUT2D eigenvalue weighted by molar-refractivity contribution is 0.282. The summed E-state index contributed by atoms with van der Waals surface area (Å²) in [6.45, 7) is 0.301. The van der Waals surface area contributed by atoms with E-state index in [4.69, 9.17) is 16.8 Å². The van der Waals surface area contributed by atoms with E-state index in [2.05, 4.69) is 5.92 Å². The molecular weight excluding hydrogens is 152 g/mol. The minimum absolute atomic E-state index is 0.0632. The van der Waals surface area contributed by atoms with Gasteiger partial charge in [-0.15, -0.1) is 6.42 Å². The predicted molar refractivity (Wildman–Crippen MR) is 43.9 cm³/mol. The number of nitrogens with zero attached hydrogens (tertiary/aromatic N) is 2. The number of hydrogen-bond acceptors (Lipinski definition) is 2. The van der Waals surface area contributed by atoms with Crippen LogP contribution in [-0.4, -0.2) is 9.67 Å². The van der Waals surface area contributed by atoms with Crippen LogP contribution in [0.25, 0.3) is 0 Å². The molecular formula is C9H8N2O. The van der Waals surface area contributed by atoms with Gasteiger partial charge in [0.15, 0.2) is 0 Å². The number of aliphatic hydroxyl groups is 1. The molecule has 1 N–H and O–H groups in total. The fraction of sp³-hybridized carbons (Fsp3) is 0.222. The second kappa shape index (κ2) is 3.61. The summed E-state index contributed by atoms with van der Waals surface area (Å²) >= 11 is 0. The highest BCUT2D eigenvalue weighted by Gasteiger charge is 2.02. The molecule has 0 fully saturated rings. The predicted octanol–water partition coefficient (Wildman–Crippen LogP) is 0.485. The Bertz CT molecular complexity index is 352. The lowest BCUT2D eigenvalue weighted by Gasteiger charge is -1.95. The molecule has 0 aromatic carbocycles. The number of rotatable bonds is 2. The second-order valence-corrected chi connectivity index (χ2v) is 2.34. The highest BCUT2D eigenvalue weighted by Crippen LogP contribution is 2.07. The van der Waals surface area contributed by atoms with Crippen LogP contribution in [0.4, 0.5) is 0 Å². The topological polar surface area (TPSA) is 49.0 Å². The molecule has 3 nitrogen and oxygen atoms in total. The molecule has 0 amide bonds. The minimum atomic E-state index is -0.0632. The van der Waals surface area contributed by atoms with Crippen molar-refractivity contribution in [3.05, 3.63) is 23.5 Å². The van der Waals surface area contributed by atoms with Crippen molar-refractivity contribution >= 4 is 0 Å². The van der Waals surface area contributed by atoms with Crippen LogP contribution in [0, 0.1) is 23.7 Å². The van der Waals surface area contributed by atoms with Gasteiger partial charge in [-0.05, 0) is 11.6 Å². The largest absolute Gasteiger partial charge is 0.392 e. The summed E-state index contributed by atoms with van der Waals surface area (Å²) in [5.74, 6) is 2.43. The van der Waals surface area contributed by atoms with Gasteiger partial charge < -0.3 is 9.67 Å². The number of aliphatic hydroxyl groups excluding tert-OH is 1. The van der Waals surface area contributed by atoms with Gasteiger partial charge in [-0.3, -0.25) is 0 Å². The van der Waals surface area contributed by atoms with Gasteiger partial charge in [0.2, 0.25) is 0 Å². The van der Waals surface area contributed by atoms with Crippen molar-refractivity contribution in [2.75, 3.05) is 0 Å². The Balaban J connectivity index is 3.03. The van der Waals surface area contributed by atoms with Crippen molar-refractivity contribution < 1.29 is 5.11 Å². The van der Waals surface area contributed by atoms with E-state index in [1.54, 1.807) is 16.8 Å². The zero-order valence-corrected chi connectivity index (χ0v) is 6.49. The number of hydrogen-bond donors (Lipinski definition) is 1. The minimum Gasteiger partial charge on any atom is -0.392 e. The van der Waals surface area contributed by atoms with E-state index in [1.807, 2.05) is 6.07 Å². The number of aromatic nitrogens is 1. The Morgan fingerprint density at radius 1 is 1.67 bits per heavy atom. The molecule has 0 aliphatic heterocycles.